The highest BCUT2D eigenvalue weighted by atomic mass is 32.2. The van der Waals surface area contributed by atoms with Crippen LogP contribution in [0.4, 0.5) is 14.7 Å². The smallest absolute Gasteiger partial charge is 0.236 e. The molecule has 0 bridgehead atoms. The van der Waals surface area contributed by atoms with Gasteiger partial charge in [-0.25, -0.2) is 9.37 Å². The van der Waals surface area contributed by atoms with Crippen molar-refractivity contribution in [3.05, 3.63) is 35.5 Å². The zero-order valence-corrected chi connectivity index (χ0v) is 15.9. The Morgan fingerprint density at radius 3 is 2.81 bits per heavy atom. The van der Waals surface area contributed by atoms with E-state index >= 15 is 0 Å². The fourth-order valence-corrected chi connectivity index (χ4v) is 4.46. The average Bonchev–Trinajstić information content (AvgIpc) is 3.13. The van der Waals surface area contributed by atoms with Gasteiger partial charge in [0, 0.05) is 17.0 Å². The molecule has 3 aromatic rings. The third-order valence-electron chi connectivity index (χ3n) is 3.53. The van der Waals surface area contributed by atoms with Crippen LogP contribution >= 0.6 is 34.4 Å². The molecule has 1 aliphatic carbocycles. The first-order valence-corrected chi connectivity index (χ1v) is 10.6. The van der Waals surface area contributed by atoms with Crippen molar-refractivity contribution < 1.29 is 9.18 Å². The van der Waals surface area contributed by atoms with E-state index in [-0.39, 0.29) is 17.5 Å². The standard InChI is InChI=1S/C16H14FN5OS3/c17-10-3-1-9(2-4-10)12-7-24-14(19-12)20-13(23)8-25-16-22-21-15(26-16)18-11-5-6-11/h1-4,7,11H,5-6,8H2,(H,18,21)(H,19,20,23). The first-order valence-electron chi connectivity index (χ1n) is 7.90. The molecule has 2 heterocycles. The van der Waals surface area contributed by atoms with Gasteiger partial charge in [0.2, 0.25) is 11.0 Å². The minimum atomic E-state index is -0.290. The van der Waals surface area contributed by atoms with E-state index in [0.717, 1.165) is 15.0 Å². The molecule has 0 unspecified atom stereocenters. The van der Waals surface area contributed by atoms with E-state index in [9.17, 15) is 9.18 Å². The number of halogens is 1. The molecule has 1 fully saturated rings. The van der Waals surface area contributed by atoms with E-state index in [1.165, 1.54) is 59.4 Å². The Labute approximate surface area is 161 Å². The van der Waals surface area contributed by atoms with Crippen LogP contribution in [0.25, 0.3) is 11.3 Å². The van der Waals surface area contributed by atoms with E-state index in [1.807, 2.05) is 5.38 Å². The van der Waals surface area contributed by atoms with Crippen LogP contribution in [0.2, 0.25) is 0 Å². The maximum Gasteiger partial charge on any atom is 0.236 e. The Balaban J connectivity index is 1.29. The molecule has 6 nitrogen and oxygen atoms in total. The zero-order valence-electron chi connectivity index (χ0n) is 13.4. The lowest BCUT2D eigenvalue weighted by atomic mass is 10.2. The maximum atomic E-state index is 13.0. The van der Waals surface area contributed by atoms with Crippen molar-refractivity contribution in [3.8, 4) is 11.3 Å². The second-order valence-electron chi connectivity index (χ2n) is 5.67. The number of aromatic nitrogens is 3. The molecule has 4 rings (SSSR count). The number of amides is 1. The van der Waals surface area contributed by atoms with Crippen molar-refractivity contribution in [3.63, 3.8) is 0 Å². The molecule has 0 spiro atoms. The number of thioether (sulfide) groups is 1. The Morgan fingerprint density at radius 1 is 1.23 bits per heavy atom. The summed E-state index contributed by atoms with van der Waals surface area (Å²) in [6, 6.07) is 6.63. The third kappa shape index (κ3) is 4.57. The molecule has 10 heteroatoms. The predicted octanol–water partition coefficient (Wildman–Crippen LogP) is 4.11. The molecule has 0 atom stereocenters. The summed E-state index contributed by atoms with van der Waals surface area (Å²) in [6.07, 6.45) is 2.36. The summed E-state index contributed by atoms with van der Waals surface area (Å²) in [5.41, 5.74) is 1.51. The number of anilines is 2. The molecule has 134 valence electrons. The average molecular weight is 408 g/mol. The fourth-order valence-electron chi connectivity index (χ4n) is 2.10. The van der Waals surface area contributed by atoms with Gasteiger partial charge in [-0.3, -0.25) is 4.79 Å². The van der Waals surface area contributed by atoms with Gasteiger partial charge in [0.05, 0.1) is 11.4 Å². The maximum absolute atomic E-state index is 13.0. The Hall–Kier alpha value is -2.04. The van der Waals surface area contributed by atoms with Crippen molar-refractivity contribution in [2.24, 2.45) is 0 Å². The highest BCUT2D eigenvalue weighted by Gasteiger charge is 2.22. The topological polar surface area (TPSA) is 79.8 Å². The lowest BCUT2D eigenvalue weighted by Gasteiger charge is -2.00. The minimum absolute atomic E-state index is 0.151. The van der Waals surface area contributed by atoms with Crippen LogP contribution in [0.15, 0.2) is 34.0 Å². The third-order valence-corrected chi connectivity index (χ3v) is 6.27. The predicted molar refractivity (Wildman–Crippen MR) is 103 cm³/mol. The summed E-state index contributed by atoms with van der Waals surface area (Å²) in [6.45, 7) is 0. The van der Waals surface area contributed by atoms with E-state index in [2.05, 4.69) is 25.8 Å². The summed E-state index contributed by atoms with van der Waals surface area (Å²) in [5.74, 6) is -0.202. The Bertz CT molecular complexity index is 907. The molecule has 26 heavy (non-hydrogen) atoms. The SMILES string of the molecule is O=C(CSc1nnc(NC2CC2)s1)Nc1nc(-c2ccc(F)cc2)cs1. The van der Waals surface area contributed by atoms with Gasteiger partial charge in [0.15, 0.2) is 9.47 Å². The van der Waals surface area contributed by atoms with Crippen molar-refractivity contribution in [1.82, 2.24) is 15.2 Å². The number of hydrogen-bond donors (Lipinski definition) is 2. The molecule has 1 saturated carbocycles. The molecule has 1 amide bonds. The molecule has 2 N–H and O–H groups in total. The van der Waals surface area contributed by atoms with Crippen LogP contribution in [-0.2, 0) is 4.79 Å². The van der Waals surface area contributed by atoms with Gasteiger partial charge < -0.3 is 10.6 Å². The van der Waals surface area contributed by atoms with Crippen molar-refractivity contribution in [1.29, 1.82) is 0 Å². The fraction of sp³-hybridized carbons (Fsp3) is 0.250. The molecular weight excluding hydrogens is 393 g/mol. The second-order valence-corrected chi connectivity index (χ2v) is 8.73. The van der Waals surface area contributed by atoms with Gasteiger partial charge in [-0.2, -0.15) is 0 Å². The summed E-state index contributed by atoms with van der Waals surface area (Å²) in [5, 5.41) is 17.4. The number of nitrogens with one attached hydrogen (secondary N) is 2. The van der Waals surface area contributed by atoms with E-state index in [0.29, 0.717) is 16.9 Å². The van der Waals surface area contributed by atoms with Gasteiger partial charge in [0.25, 0.3) is 0 Å². The molecule has 0 aliphatic heterocycles. The molecular formula is C16H14FN5OS3. The number of rotatable bonds is 7. The van der Waals surface area contributed by atoms with Crippen LogP contribution in [-0.4, -0.2) is 32.9 Å². The zero-order chi connectivity index (χ0) is 17.9. The first-order chi connectivity index (χ1) is 12.7. The number of benzene rings is 1. The van der Waals surface area contributed by atoms with Gasteiger partial charge in [-0.1, -0.05) is 23.1 Å². The Morgan fingerprint density at radius 2 is 2.04 bits per heavy atom. The number of nitrogens with zero attached hydrogens (tertiary/aromatic N) is 3. The van der Waals surface area contributed by atoms with Crippen LogP contribution in [0.1, 0.15) is 12.8 Å². The molecule has 0 saturated heterocycles. The lowest BCUT2D eigenvalue weighted by molar-refractivity contribution is -0.113. The monoisotopic (exact) mass is 407 g/mol. The van der Waals surface area contributed by atoms with Crippen molar-refractivity contribution in [2.45, 2.75) is 23.2 Å². The normalized spacial score (nSPS) is 13.6. The van der Waals surface area contributed by atoms with Gasteiger partial charge >= 0.3 is 0 Å². The molecule has 1 aliphatic rings. The van der Waals surface area contributed by atoms with Crippen LogP contribution in [0.3, 0.4) is 0 Å². The molecule has 0 radical (unpaired) electrons. The highest BCUT2D eigenvalue weighted by Crippen LogP contribution is 2.30. The van der Waals surface area contributed by atoms with E-state index in [1.54, 1.807) is 12.1 Å². The van der Waals surface area contributed by atoms with Gasteiger partial charge in [0.1, 0.15) is 5.82 Å². The van der Waals surface area contributed by atoms with Crippen LogP contribution < -0.4 is 10.6 Å². The number of carbonyl (C=O) groups excluding carboxylic acids is 1. The summed E-state index contributed by atoms with van der Waals surface area (Å²) < 4.78 is 13.7. The largest absolute Gasteiger partial charge is 0.357 e. The minimum Gasteiger partial charge on any atom is -0.357 e. The van der Waals surface area contributed by atoms with Gasteiger partial charge in [-0.05, 0) is 37.1 Å². The quantitative estimate of drug-likeness (QED) is 0.574. The van der Waals surface area contributed by atoms with Crippen LogP contribution in [0.5, 0.6) is 0 Å². The molecule has 1 aromatic carbocycles. The van der Waals surface area contributed by atoms with Gasteiger partial charge in [-0.15, -0.1) is 21.5 Å². The van der Waals surface area contributed by atoms with Crippen molar-refractivity contribution in [2.75, 3.05) is 16.4 Å². The first kappa shape index (κ1) is 17.4. The number of carbonyl (C=O) groups is 1. The number of hydrogen-bond acceptors (Lipinski definition) is 8. The summed E-state index contributed by atoms with van der Waals surface area (Å²) in [7, 11) is 0. The van der Waals surface area contributed by atoms with Crippen molar-refractivity contribution >= 4 is 50.6 Å². The summed E-state index contributed by atoms with van der Waals surface area (Å²) >= 11 is 4.14. The lowest BCUT2D eigenvalue weighted by Crippen LogP contribution is -2.13. The second kappa shape index (κ2) is 7.68. The summed E-state index contributed by atoms with van der Waals surface area (Å²) in [4.78, 5) is 16.5. The molecule has 2 aromatic heterocycles. The van der Waals surface area contributed by atoms with E-state index < -0.39 is 0 Å². The van der Waals surface area contributed by atoms with E-state index in [4.69, 9.17) is 0 Å². The highest BCUT2D eigenvalue weighted by molar-refractivity contribution is 8.01. The number of thiazole rings is 1. The Kier molecular flexibility index (Phi) is 5.14. The van der Waals surface area contributed by atoms with Crippen LogP contribution in [0, 0.1) is 5.82 Å².